The minimum absolute atomic E-state index is 0.0811. The molecule has 2 aromatic rings. The summed E-state index contributed by atoms with van der Waals surface area (Å²) in [5, 5.41) is 0. The van der Waals surface area contributed by atoms with Gasteiger partial charge in [-0.1, -0.05) is 18.2 Å². The fourth-order valence-electron chi connectivity index (χ4n) is 2.74. The normalized spacial score (nSPS) is 16.7. The molecule has 0 saturated carbocycles. The zero-order chi connectivity index (χ0) is 15.5. The van der Waals surface area contributed by atoms with Crippen molar-refractivity contribution in [3.05, 3.63) is 45.9 Å². The maximum atomic E-state index is 12.6. The fraction of sp³-hybridized carbons (Fsp3) is 0.412. The Balaban J connectivity index is 1.58. The summed E-state index contributed by atoms with van der Waals surface area (Å²) in [6, 6.07) is 7.96. The molecule has 3 rings (SSSR count). The number of rotatable bonds is 4. The molecule has 1 aromatic heterocycles. The summed E-state index contributed by atoms with van der Waals surface area (Å²) in [7, 11) is 1.87. The number of carbonyl (C=O) groups excluding carboxylic acids is 1. The van der Waals surface area contributed by atoms with E-state index in [1.807, 2.05) is 48.6 Å². The van der Waals surface area contributed by atoms with Crippen LogP contribution in [0.5, 0.6) is 5.75 Å². The predicted molar refractivity (Wildman–Crippen MR) is 87.3 cm³/mol. The quantitative estimate of drug-likeness (QED) is 0.871. The fourth-order valence-corrected chi connectivity index (χ4v) is 3.51. The van der Waals surface area contributed by atoms with Crippen LogP contribution in [-0.4, -0.2) is 36.0 Å². The number of carbonyl (C=O) groups is 1. The van der Waals surface area contributed by atoms with Gasteiger partial charge in [-0.3, -0.25) is 4.79 Å². The van der Waals surface area contributed by atoms with Crippen LogP contribution in [0.2, 0.25) is 0 Å². The first kappa shape index (κ1) is 15.0. The van der Waals surface area contributed by atoms with Gasteiger partial charge in [-0.2, -0.15) is 0 Å². The molecule has 0 saturated heterocycles. The van der Waals surface area contributed by atoms with Gasteiger partial charge in [0.15, 0.2) is 0 Å². The van der Waals surface area contributed by atoms with E-state index in [1.54, 1.807) is 11.3 Å². The van der Waals surface area contributed by atoms with E-state index in [1.165, 1.54) is 4.88 Å². The first-order valence-electron chi connectivity index (χ1n) is 7.50. The van der Waals surface area contributed by atoms with E-state index in [2.05, 4.69) is 4.98 Å². The van der Waals surface area contributed by atoms with Crippen LogP contribution in [0, 0.1) is 12.8 Å². The van der Waals surface area contributed by atoms with E-state index in [0.717, 1.165) is 36.4 Å². The smallest absolute Gasteiger partial charge is 0.229 e. The van der Waals surface area contributed by atoms with Crippen molar-refractivity contribution in [3.8, 4) is 5.75 Å². The van der Waals surface area contributed by atoms with E-state index < -0.39 is 0 Å². The zero-order valence-corrected chi connectivity index (χ0v) is 13.7. The Kier molecular flexibility index (Phi) is 4.43. The first-order valence-corrected chi connectivity index (χ1v) is 8.37. The molecule has 0 fully saturated rings. The van der Waals surface area contributed by atoms with Crippen molar-refractivity contribution in [1.82, 2.24) is 9.88 Å². The Labute approximate surface area is 134 Å². The third kappa shape index (κ3) is 3.14. The van der Waals surface area contributed by atoms with Crippen molar-refractivity contribution in [2.45, 2.75) is 19.8 Å². The second-order valence-electron chi connectivity index (χ2n) is 5.69. The molecule has 0 spiro atoms. The van der Waals surface area contributed by atoms with Gasteiger partial charge in [0, 0.05) is 24.9 Å². The summed E-state index contributed by atoms with van der Waals surface area (Å²) in [6.45, 7) is 3.21. The maximum Gasteiger partial charge on any atom is 0.229 e. The molecule has 5 heteroatoms. The Morgan fingerprint density at radius 3 is 3.05 bits per heavy atom. The highest BCUT2D eigenvalue weighted by atomic mass is 32.1. The number of aromatic nitrogens is 1. The summed E-state index contributed by atoms with van der Waals surface area (Å²) in [5.74, 6) is 0.994. The third-order valence-corrected chi connectivity index (χ3v) is 5.12. The molecular formula is C17H20N2O2S. The highest BCUT2D eigenvalue weighted by molar-refractivity contribution is 7.09. The number of likely N-dealkylation sites (N-methyl/N-ethyl adjacent to an activating group) is 1. The SMILES string of the molecule is Cc1ncsc1CCN(C)C(=O)[C@@H]1COc2ccccc2C1. The van der Waals surface area contributed by atoms with Gasteiger partial charge in [-0.05, 0) is 25.0 Å². The lowest BCUT2D eigenvalue weighted by atomic mass is 9.95. The molecule has 1 aliphatic heterocycles. The highest BCUT2D eigenvalue weighted by Gasteiger charge is 2.27. The number of thiazole rings is 1. The monoisotopic (exact) mass is 316 g/mol. The van der Waals surface area contributed by atoms with Crippen LogP contribution in [0.25, 0.3) is 0 Å². The van der Waals surface area contributed by atoms with Gasteiger partial charge in [0.2, 0.25) is 5.91 Å². The minimum Gasteiger partial charge on any atom is -0.492 e. The molecule has 1 aromatic carbocycles. The number of nitrogens with zero attached hydrogens (tertiary/aromatic N) is 2. The molecule has 116 valence electrons. The molecule has 0 unspecified atom stereocenters. The van der Waals surface area contributed by atoms with E-state index in [4.69, 9.17) is 4.74 Å². The zero-order valence-electron chi connectivity index (χ0n) is 12.9. The lowest BCUT2D eigenvalue weighted by molar-refractivity contribution is -0.135. The minimum atomic E-state index is -0.0811. The summed E-state index contributed by atoms with van der Waals surface area (Å²) in [4.78, 5) is 19.9. The lowest BCUT2D eigenvalue weighted by Gasteiger charge is -2.28. The standard InChI is InChI=1S/C17H20N2O2S/c1-12-16(22-11-18-12)7-8-19(2)17(20)14-9-13-5-3-4-6-15(13)21-10-14/h3-6,11,14H,7-10H2,1-2H3/t14-/m0/s1. The maximum absolute atomic E-state index is 12.6. The van der Waals surface area contributed by atoms with Crippen molar-refractivity contribution < 1.29 is 9.53 Å². The Morgan fingerprint density at radius 1 is 1.45 bits per heavy atom. The van der Waals surface area contributed by atoms with Crippen LogP contribution in [0.3, 0.4) is 0 Å². The van der Waals surface area contributed by atoms with Gasteiger partial charge < -0.3 is 9.64 Å². The molecular weight excluding hydrogens is 296 g/mol. The third-order valence-electron chi connectivity index (χ3n) is 4.12. The van der Waals surface area contributed by atoms with Gasteiger partial charge >= 0.3 is 0 Å². The van der Waals surface area contributed by atoms with Crippen LogP contribution in [0.4, 0.5) is 0 Å². The highest BCUT2D eigenvalue weighted by Crippen LogP contribution is 2.27. The predicted octanol–water partition coefficient (Wildman–Crippen LogP) is 2.70. The Bertz CT molecular complexity index is 668. The van der Waals surface area contributed by atoms with Gasteiger partial charge in [0.05, 0.1) is 17.1 Å². The number of para-hydroxylation sites is 1. The van der Waals surface area contributed by atoms with Crippen molar-refractivity contribution in [1.29, 1.82) is 0 Å². The molecule has 1 atom stereocenters. The van der Waals surface area contributed by atoms with Crippen molar-refractivity contribution >= 4 is 17.2 Å². The van der Waals surface area contributed by atoms with E-state index >= 15 is 0 Å². The van der Waals surface area contributed by atoms with Gasteiger partial charge in [-0.25, -0.2) is 4.98 Å². The summed E-state index contributed by atoms with van der Waals surface area (Å²) < 4.78 is 5.72. The Hall–Kier alpha value is -1.88. The van der Waals surface area contributed by atoms with Crippen LogP contribution in [-0.2, 0) is 17.6 Å². The molecule has 0 aliphatic carbocycles. The molecule has 0 bridgehead atoms. The molecule has 0 N–H and O–H groups in total. The average Bonchev–Trinajstić information content (AvgIpc) is 2.96. The van der Waals surface area contributed by atoms with Gasteiger partial charge in [0.25, 0.3) is 0 Å². The van der Waals surface area contributed by atoms with Crippen LogP contribution >= 0.6 is 11.3 Å². The summed E-state index contributed by atoms with van der Waals surface area (Å²) in [5.41, 5.74) is 4.05. The van der Waals surface area contributed by atoms with E-state index in [-0.39, 0.29) is 11.8 Å². The van der Waals surface area contributed by atoms with Gasteiger partial charge in [0.1, 0.15) is 12.4 Å². The molecule has 1 aliphatic rings. The van der Waals surface area contributed by atoms with E-state index in [9.17, 15) is 4.79 Å². The second-order valence-corrected chi connectivity index (χ2v) is 6.63. The number of amides is 1. The number of hydrogen-bond acceptors (Lipinski definition) is 4. The number of aryl methyl sites for hydroxylation is 1. The first-order chi connectivity index (χ1) is 10.6. The largest absolute Gasteiger partial charge is 0.492 e. The Morgan fingerprint density at radius 2 is 2.27 bits per heavy atom. The summed E-state index contributed by atoms with van der Waals surface area (Å²) >= 11 is 1.66. The average molecular weight is 316 g/mol. The molecule has 22 heavy (non-hydrogen) atoms. The van der Waals surface area contributed by atoms with E-state index in [0.29, 0.717) is 6.61 Å². The molecule has 1 amide bonds. The number of hydrogen-bond donors (Lipinski definition) is 0. The molecule has 0 radical (unpaired) electrons. The lowest BCUT2D eigenvalue weighted by Crippen LogP contribution is -2.39. The number of ether oxygens (including phenoxy) is 1. The van der Waals surface area contributed by atoms with Crippen molar-refractivity contribution in [2.24, 2.45) is 5.92 Å². The summed E-state index contributed by atoms with van der Waals surface area (Å²) in [6.07, 6.45) is 1.63. The van der Waals surface area contributed by atoms with Crippen LogP contribution < -0.4 is 4.74 Å². The van der Waals surface area contributed by atoms with Crippen molar-refractivity contribution in [2.75, 3.05) is 20.2 Å². The van der Waals surface area contributed by atoms with Crippen LogP contribution in [0.1, 0.15) is 16.1 Å². The molecule has 2 heterocycles. The van der Waals surface area contributed by atoms with Crippen molar-refractivity contribution in [3.63, 3.8) is 0 Å². The van der Waals surface area contributed by atoms with Crippen LogP contribution in [0.15, 0.2) is 29.8 Å². The second kappa shape index (κ2) is 6.48. The number of benzene rings is 1. The topological polar surface area (TPSA) is 42.4 Å². The van der Waals surface area contributed by atoms with Gasteiger partial charge in [-0.15, -0.1) is 11.3 Å². The number of fused-ring (bicyclic) bond motifs is 1. The molecule has 4 nitrogen and oxygen atoms in total.